The lowest BCUT2D eigenvalue weighted by atomic mass is 9.91. The standard InChI is InChI=1S/C31H62P2/c1-7-13-21-29(22-14-8-2)25-17-27-32(29)31(19-11-5,20-12-6)33-28-18-26-30(33,23-15-9-3)24-16-10-4/h7-28H2,1-6H3. The van der Waals surface area contributed by atoms with Crippen LogP contribution in [0.25, 0.3) is 0 Å². The lowest BCUT2D eigenvalue weighted by Gasteiger charge is -2.57. The van der Waals surface area contributed by atoms with Gasteiger partial charge < -0.3 is 0 Å². The van der Waals surface area contributed by atoms with Gasteiger partial charge in [0.15, 0.2) is 0 Å². The summed E-state index contributed by atoms with van der Waals surface area (Å²) in [6.45, 7) is 14.9. The molecule has 0 bridgehead atoms. The van der Waals surface area contributed by atoms with E-state index in [1.807, 2.05) is 0 Å². The average Bonchev–Trinajstić information content (AvgIpc) is 3.44. The zero-order valence-electron chi connectivity index (χ0n) is 24.0. The van der Waals surface area contributed by atoms with E-state index < -0.39 is 0 Å². The third-order valence-corrected chi connectivity index (χ3v) is 19.0. The molecule has 2 unspecified atom stereocenters. The largest absolute Gasteiger partial charge is 0.0895 e. The van der Waals surface area contributed by atoms with Gasteiger partial charge in [-0.2, -0.15) is 0 Å². The van der Waals surface area contributed by atoms with E-state index >= 15 is 0 Å². The van der Waals surface area contributed by atoms with E-state index in [1.165, 1.54) is 64.2 Å². The molecule has 0 nitrogen and oxygen atoms in total. The Morgan fingerprint density at radius 2 is 0.848 bits per heavy atom. The van der Waals surface area contributed by atoms with E-state index in [0.29, 0.717) is 0 Å². The normalized spacial score (nSPS) is 24.5. The second-order valence-electron chi connectivity index (χ2n) is 11.9. The highest BCUT2D eigenvalue weighted by Gasteiger charge is 2.59. The fraction of sp³-hybridized carbons (Fsp3) is 1.00. The summed E-state index contributed by atoms with van der Waals surface area (Å²) in [7, 11) is 0.308. The molecule has 2 saturated heterocycles. The molecule has 196 valence electrons. The van der Waals surface area contributed by atoms with Crippen molar-refractivity contribution in [3.05, 3.63) is 0 Å². The Bertz CT molecular complexity index is 451. The van der Waals surface area contributed by atoms with Gasteiger partial charge in [-0.3, -0.25) is 0 Å². The molecule has 2 aliphatic heterocycles. The van der Waals surface area contributed by atoms with Crippen LogP contribution in [-0.4, -0.2) is 27.5 Å². The minimum atomic E-state index is 0.154. The summed E-state index contributed by atoms with van der Waals surface area (Å²) >= 11 is 0. The van der Waals surface area contributed by atoms with Gasteiger partial charge in [-0.25, -0.2) is 0 Å². The highest BCUT2D eigenvalue weighted by Crippen LogP contribution is 2.85. The summed E-state index contributed by atoms with van der Waals surface area (Å²) in [4.78, 5) is 0.754. The first-order valence-corrected chi connectivity index (χ1v) is 18.7. The van der Waals surface area contributed by atoms with Crippen LogP contribution in [0, 0.1) is 0 Å². The van der Waals surface area contributed by atoms with Crippen LogP contribution in [0.3, 0.4) is 0 Å². The van der Waals surface area contributed by atoms with Crippen molar-refractivity contribution in [1.29, 1.82) is 0 Å². The zero-order chi connectivity index (χ0) is 24.2. The van der Waals surface area contributed by atoms with E-state index in [-0.39, 0.29) is 15.8 Å². The fourth-order valence-electron chi connectivity index (χ4n) is 8.10. The summed E-state index contributed by atoms with van der Waals surface area (Å²) in [5, 5.41) is 1.50. The molecule has 0 aromatic rings. The average molecular weight is 497 g/mol. The van der Waals surface area contributed by atoms with Crippen molar-refractivity contribution >= 4 is 15.8 Å². The molecule has 0 aliphatic carbocycles. The van der Waals surface area contributed by atoms with Gasteiger partial charge >= 0.3 is 0 Å². The molecule has 0 amide bonds. The quantitative estimate of drug-likeness (QED) is 0.165. The molecule has 2 fully saturated rings. The van der Waals surface area contributed by atoms with Crippen molar-refractivity contribution in [2.75, 3.05) is 12.3 Å². The van der Waals surface area contributed by atoms with Crippen molar-refractivity contribution in [2.24, 2.45) is 0 Å². The lowest BCUT2D eigenvalue weighted by molar-refractivity contribution is 0.428. The van der Waals surface area contributed by atoms with Crippen molar-refractivity contribution in [3.63, 3.8) is 0 Å². The molecule has 2 heteroatoms. The zero-order valence-corrected chi connectivity index (χ0v) is 25.7. The van der Waals surface area contributed by atoms with E-state index in [9.17, 15) is 0 Å². The van der Waals surface area contributed by atoms with Crippen LogP contribution in [0.5, 0.6) is 0 Å². The molecule has 2 rings (SSSR count). The van der Waals surface area contributed by atoms with Crippen LogP contribution in [0.2, 0.25) is 0 Å². The van der Waals surface area contributed by atoms with E-state index in [4.69, 9.17) is 0 Å². The lowest BCUT2D eigenvalue weighted by Crippen LogP contribution is -2.40. The molecule has 0 N–H and O–H groups in total. The van der Waals surface area contributed by atoms with Gasteiger partial charge in [0.05, 0.1) is 0 Å². The Labute approximate surface area is 213 Å². The van der Waals surface area contributed by atoms with Crippen LogP contribution in [0.1, 0.15) is 170 Å². The highest BCUT2D eigenvalue weighted by molar-refractivity contribution is 7.79. The highest BCUT2D eigenvalue weighted by atomic mass is 31.2. The monoisotopic (exact) mass is 496 g/mol. The van der Waals surface area contributed by atoms with Crippen molar-refractivity contribution in [3.8, 4) is 0 Å². The van der Waals surface area contributed by atoms with Gasteiger partial charge in [0.2, 0.25) is 0 Å². The number of unbranched alkanes of at least 4 members (excludes halogenated alkanes) is 4. The Balaban J connectivity index is 2.56. The number of hydrogen-bond donors (Lipinski definition) is 0. The Morgan fingerprint density at radius 3 is 1.12 bits per heavy atom. The SMILES string of the molecule is CCCCC1(CCCC)CCCP1C(CCC)(CCC)P1CCCC1(CCCC)CCCC. The summed E-state index contributed by atoms with van der Waals surface area (Å²) in [6.07, 6.45) is 33.5. The van der Waals surface area contributed by atoms with Crippen LogP contribution in [0.15, 0.2) is 0 Å². The molecular formula is C31H62P2. The molecule has 0 aromatic heterocycles. The fourth-order valence-corrected chi connectivity index (χ4v) is 20.2. The molecule has 0 radical (unpaired) electrons. The summed E-state index contributed by atoms with van der Waals surface area (Å²) in [5.74, 6) is 0. The summed E-state index contributed by atoms with van der Waals surface area (Å²) in [5.41, 5.74) is 0. The molecule has 33 heavy (non-hydrogen) atoms. The van der Waals surface area contributed by atoms with Crippen LogP contribution in [0.4, 0.5) is 0 Å². The minimum absolute atomic E-state index is 0.154. The minimum Gasteiger partial charge on any atom is -0.0895 e. The predicted molar refractivity (Wildman–Crippen MR) is 158 cm³/mol. The van der Waals surface area contributed by atoms with Crippen LogP contribution in [-0.2, 0) is 0 Å². The van der Waals surface area contributed by atoms with Gasteiger partial charge in [-0.15, -0.1) is 0 Å². The van der Waals surface area contributed by atoms with Gasteiger partial charge in [-0.05, 0) is 86.8 Å². The summed E-state index contributed by atoms with van der Waals surface area (Å²) < 4.78 is 0. The third-order valence-electron chi connectivity index (χ3n) is 9.48. The van der Waals surface area contributed by atoms with Crippen molar-refractivity contribution in [1.82, 2.24) is 0 Å². The number of rotatable bonds is 18. The first-order valence-electron chi connectivity index (χ1n) is 15.6. The van der Waals surface area contributed by atoms with Crippen LogP contribution >= 0.6 is 15.8 Å². The number of hydrogen-bond acceptors (Lipinski definition) is 0. The molecule has 0 aromatic carbocycles. The second kappa shape index (κ2) is 15.2. The third kappa shape index (κ3) is 7.00. The summed E-state index contributed by atoms with van der Waals surface area (Å²) in [6, 6.07) is 0. The van der Waals surface area contributed by atoms with Crippen molar-refractivity contribution in [2.45, 2.75) is 185 Å². The van der Waals surface area contributed by atoms with Gasteiger partial charge in [0.1, 0.15) is 0 Å². The predicted octanol–water partition coefficient (Wildman–Crippen LogP) is 12.1. The Hall–Kier alpha value is 0.860. The van der Waals surface area contributed by atoms with E-state index in [0.717, 1.165) is 15.2 Å². The van der Waals surface area contributed by atoms with E-state index in [2.05, 4.69) is 41.5 Å². The van der Waals surface area contributed by atoms with Gasteiger partial charge in [0, 0.05) is 4.90 Å². The van der Waals surface area contributed by atoms with Crippen LogP contribution < -0.4 is 0 Å². The maximum absolute atomic E-state index is 2.54. The maximum atomic E-state index is 2.54. The molecule has 2 heterocycles. The smallest absolute Gasteiger partial charge is 0.0116 e. The molecule has 0 spiro atoms. The van der Waals surface area contributed by atoms with Gasteiger partial charge in [-0.1, -0.05) is 122 Å². The molecule has 2 atom stereocenters. The topological polar surface area (TPSA) is 0 Å². The Morgan fingerprint density at radius 1 is 0.515 bits per heavy atom. The first kappa shape index (κ1) is 30.1. The molecular weight excluding hydrogens is 434 g/mol. The molecule has 2 aliphatic rings. The second-order valence-corrected chi connectivity index (χ2v) is 18.4. The first-order chi connectivity index (χ1) is 16.0. The molecule has 0 saturated carbocycles. The Kier molecular flexibility index (Phi) is 13.8. The maximum Gasteiger partial charge on any atom is 0.0116 e. The van der Waals surface area contributed by atoms with Gasteiger partial charge in [0.25, 0.3) is 0 Å². The van der Waals surface area contributed by atoms with E-state index in [1.54, 1.807) is 76.5 Å². The van der Waals surface area contributed by atoms with Crippen molar-refractivity contribution < 1.29 is 0 Å².